The minimum absolute atomic E-state index is 0.0929. The lowest BCUT2D eigenvalue weighted by Crippen LogP contribution is -2.37. The monoisotopic (exact) mass is 396 g/mol. The van der Waals surface area contributed by atoms with Gasteiger partial charge in [-0.2, -0.15) is 4.98 Å². The van der Waals surface area contributed by atoms with Crippen LogP contribution in [0.2, 0.25) is 0 Å². The number of aryl methyl sites for hydroxylation is 2. The van der Waals surface area contributed by atoms with Gasteiger partial charge in [0.15, 0.2) is 5.82 Å². The number of amides is 1. The second-order valence-corrected chi connectivity index (χ2v) is 8.11. The minimum atomic E-state index is -0.117. The maximum absolute atomic E-state index is 13.1. The molecule has 0 spiro atoms. The Balaban J connectivity index is 1.61. The molecular weight excluding hydrogens is 372 g/mol. The van der Waals surface area contributed by atoms with Gasteiger partial charge >= 0.3 is 0 Å². The third-order valence-electron chi connectivity index (χ3n) is 5.11. The van der Waals surface area contributed by atoms with Gasteiger partial charge in [-0.15, -0.1) is 11.3 Å². The number of hydrogen-bond donors (Lipinski definition) is 0. The molecule has 146 valence electrons. The molecule has 1 amide bonds. The lowest BCUT2D eigenvalue weighted by molar-refractivity contribution is 0.0715. The van der Waals surface area contributed by atoms with Gasteiger partial charge in [-0.05, 0) is 42.8 Å². The zero-order valence-electron chi connectivity index (χ0n) is 16.2. The van der Waals surface area contributed by atoms with Crippen molar-refractivity contribution in [3.63, 3.8) is 0 Å². The predicted octanol–water partition coefficient (Wildman–Crippen LogP) is 3.84. The maximum atomic E-state index is 13.1. The molecule has 1 unspecified atom stereocenters. The van der Waals surface area contributed by atoms with E-state index in [2.05, 4.69) is 39.3 Å². The van der Waals surface area contributed by atoms with Gasteiger partial charge in [0, 0.05) is 26.2 Å². The van der Waals surface area contributed by atoms with Crippen LogP contribution in [0, 0.1) is 13.8 Å². The number of rotatable bonds is 4. The first-order chi connectivity index (χ1) is 13.6. The van der Waals surface area contributed by atoms with E-state index < -0.39 is 0 Å². The van der Waals surface area contributed by atoms with Gasteiger partial charge in [0.05, 0.1) is 4.88 Å². The van der Waals surface area contributed by atoms with E-state index in [0.717, 1.165) is 36.5 Å². The summed E-state index contributed by atoms with van der Waals surface area (Å²) in [6.45, 7) is 6.74. The quantitative estimate of drug-likeness (QED) is 0.671. The summed E-state index contributed by atoms with van der Waals surface area (Å²) in [5.74, 6) is 1.29. The van der Waals surface area contributed by atoms with Crippen LogP contribution in [0.3, 0.4) is 0 Å². The van der Waals surface area contributed by atoms with Gasteiger partial charge in [-0.25, -0.2) is 0 Å². The Morgan fingerprint density at radius 3 is 2.71 bits per heavy atom. The van der Waals surface area contributed by atoms with Gasteiger partial charge in [0.2, 0.25) is 5.89 Å². The van der Waals surface area contributed by atoms with Gasteiger partial charge in [-0.1, -0.05) is 35.5 Å². The smallest absolute Gasteiger partial charge is 0.264 e. The van der Waals surface area contributed by atoms with Crippen LogP contribution in [0.15, 0.2) is 46.3 Å². The van der Waals surface area contributed by atoms with Crippen LogP contribution in [0.1, 0.15) is 45.0 Å². The average molecular weight is 397 g/mol. The first-order valence-corrected chi connectivity index (χ1v) is 10.4. The summed E-state index contributed by atoms with van der Waals surface area (Å²) in [7, 11) is 0. The highest BCUT2D eigenvalue weighted by atomic mass is 32.1. The average Bonchev–Trinajstić information content (AvgIpc) is 3.26. The van der Waals surface area contributed by atoms with Crippen molar-refractivity contribution in [2.45, 2.75) is 32.9 Å². The highest BCUT2D eigenvalue weighted by Gasteiger charge is 2.33. The molecule has 7 heteroatoms. The molecule has 3 heterocycles. The summed E-state index contributed by atoms with van der Waals surface area (Å²) in [5, 5.41) is 5.96. The molecule has 0 radical (unpaired) electrons. The third kappa shape index (κ3) is 4.00. The van der Waals surface area contributed by atoms with Crippen molar-refractivity contribution >= 4 is 17.2 Å². The number of aromatic nitrogens is 2. The molecule has 0 saturated carbocycles. The molecule has 1 aromatic carbocycles. The van der Waals surface area contributed by atoms with Crippen molar-refractivity contribution in [2.24, 2.45) is 0 Å². The van der Waals surface area contributed by atoms with E-state index in [9.17, 15) is 4.79 Å². The molecule has 1 fully saturated rings. The molecule has 28 heavy (non-hydrogen) atoms. The Morgan fingerprint density at radius 1 is 1.21 bits per heavy atom. The van der Waals surface area contributed by atoms with Gasteiger partial charge in [0.25, 0.3) is 5.91 Å². The molecule has 2 aromatic heterocycles. The topological polar surface area (TPSA) is 62.5 Å². The van der Waals surface area contributed by atoms with Crippen LogP contribution in [0.25, 0.3) is 0 Å². The van der Waals surface area contributed by atoms with Crippen LogP contribution < -0.4 is 0 Å². The molecule has 1 saturated heterocycles. The van der Waals surface area contributed by atoms with Crippen molar-refractivity contribution in [3.05, 3.63) is 69.5 Å². The first-order valence-electron chi connectivity index (χ1n) is 9.53. The number of nitrogens with zero attached hydrogens (tertiary/aromatic N) is 4. The second-order valence-electron chi connectivity index (χ2n) is 7.19. The van der Waals surface area contributed by atoms with Gasteiger partial charge in [0.1, 0.15) is 6.04 Å². The number of thiophene rings is 1. The van der Waals surface area contributed by atoms with E-state index in [-0.39, 0.29) is 11.9 Å². The summed E-state index contributed by atoms with van der Waals surface area (Å²) in [6.07, 6.45) is 0.909. The molecule has 1 aliphatic rings. The van der Waals surface area contributed by atoms with E-state index in [1.165, 1.54) is 16.9 Å². The molecule has 1 atom stereocenters. The summed E-state index contributed by atoms with van der Waals surface area (Å²) >= 11 is 1.51. The van der Waals surface area contributed by atoms with Crippen molar-refractivity contribution in [1.29, 1.82) is 0 Å². The summed E-state index contributed by atoms with van der Waals surface area (Å²) in [5.41, 5.74) is 2.27. The standard InChI is InChI=1S/C21H24N4O2S/c1-15-9-12-28-19(15)21(26)25-11-6-10-24(13-17-7-4-3-5-8-17)18(14-25)20-22-16(2)23-27-20/h3-5,7-9,12,18H,6,10-11,13-14H2,1-2H3. The fraction of sp³-hybridized carbons (Fsp3) is 0.381. The fourth-order valence-corrected chi connectivity index (χ4v) is 4.54. The summed E-state index contributed by atoms with van der Waals surface area (Å²) in [4.78, 5) is 22.7. The van der Waals surface area contributed by atoms with Crippen molar-refractivity contribution in [2.75, 3.05) is 19.6 Å². The highest BCUT2D eigenvalue weighted by Crippen LogP contribution is 2.28. The molecule has 0 aliphatic carbocycles. The van der Waals surface area contributed by atoms with Crippen LogP contribution in [0.5, 0.6) is 0 Å². The minimum Gasteiger partial charge on any atom is -0.338 e. The van der Waals surface area contributed by atoms with E-state index in [0.29, 0.717) is 18.3 Å². The Bertz CT molecular complexity index is 937. The lowest BCUT2D eigenvalue weighted by Gasteiger charge is -2.29. The maximum Gasteiger partial charge on any atom is 0.264 e. The number of carbonyl (C=O) groups is 1. The zero-order chi connectivity index (χ0) is 19.5. The number of hydrogen-bond acceptors (Lipinski definition) is 6. The second kappa shape index (κ2) is 8.24. The van der Waals surface area contributed by atoms with Crippen LogP contribution in [-0.4, -0.2) is 45.5 Å². The lowest BCUT2D eigenvalue weighted by atomic mass is 10.1. The SMILES string of the molecule is Cc1noc(C2CN(C(=O)c3sccc3C)CCCN2Cc2ccccc2)n1. The van der Waals surface area contributed by atoms with E-state index in [1.807, 2.05) is 36.3 Å². The molecule has 1 aliphatic heterocycles. The summed E-state index contributed by atoms with van der Waals surface area (Å²) in [6, 6.07) is 12.2. The van der Waals surface area contributed by atoms with Crippen molar-refractivity contribution in [1.82, 2.24) is 19.9 Å². The van der Waals surface area contributed by atoms with Crippen molar-refractivity contribution < 1.29 is 9.32 Å². The Morgan fingerprint density at radius 2 is 2.04 bits per heavy atom. The van der Waals surface area contributed by atoms with E-state index in [1.54, 1.807) is 0 Å². The van der Waals surface area contributed by atoms with Crippen LogP contribution in [-0.2, 0) is 6.54 Å². The molecular formula is C21H24N4O2S. The van der Waals surface area contributed by atoms with E-state index in [4.69, 9.17) is 4.52 Å². The fourth-order valence-electron chi connectivity index (χ4n) is 3.65. The summed E-state index contributed by atoms with van der Waals surface area (Å²) < 4.78 is 5.53. The van der Waals surface area contributed by atoms with Crippen LogP contribution in [0.4, 0.5) is 0 Å². The molecule has 0 bridgehead atoms. The molecule has 4 rings (SSSR count). The zero-order valence-corrected chi connectivity index (χ0v) is 17.0. The number of carbonyl (C=O) groups excluding carboxylic acids is 1. The van der Waals surface area contributed by atoms with Gasteiger partial charge in [-0.3, -0.25) is 9.69 Å². The first kappa shape index (κ1) is 18.8. The Hall–Kier alpha value is -2.51. The predicted molar refractivity (Wildman–Crippen MR) is 108 cm³/mol. The molecule has 6 nitrogen and oxygen atoms in total. The Kier molecular flexibility index (Phi) is 5.54. The number of benzene rings is 1. The third-order valence-corrected chi connectivity index (χ3v) is 6.11. The van der Waals surface area contributed by atoms with Crippen LogP contribution >= 0.6 is 11.3 Å². The highest BCUT2D eigenvalue weighted by molar-refractivity contribution is 7.12. The largest absolute Gasteiger partial charge is 0.338 e. The molecule has 0 N–H and O–H groups in total. The van der Waals surface area contributed by atoms with Gasteiger partial charge < -0.3 is 9.42 Å². The Labute approximate surface area is 168 Å². The van der Waals surface area contributed by atoms with E-state index >= 15 is 0 Å². The molecule has 3 aromatic rings. The van der Waals surface area contributed by atoms with Crippen molar-refractivity contribution in [3.8, 4) is 0 Å². The normalized spacial score (nSPS) is 18.2.